The van der Waals surface area contributed by atoms with Gasteiger partial charge >= 0.3 is 5.97 Å². The van der Waals surface area contributed by atoms with Crippen LogP contribution in [0.3, 0.4) is 0 Å². The van der Waals surface area contributed by atoms with E-state index in [9.17, 15) is 9.18 Å². The van der Waals surface area contributed by atoms with Crippen LogP contribution in [0.2, 0.25) is 0 Å². The zero-order valence-electron chi connectivity index (χ0n) is 9.62. The lowest BCUT2D eigenvalue weighted by Gasteiger charge is -2.20. The Hall–Kier alpha value is -2.09. The van der Waals surface area contributed by atoms with E-state index in [4.69, 9.17) is 10.4 Å². The molecule has 0 aromatic heterocycles. The van der Waals surface area contributed by atoms with Crippen LogP contribution in [0.15, 0.2) is 18.2 Å². The summed E-state index contributed by atoms with van der Waals surface area (Å²) in [6.07, 6.45) is 0. The number of aliphatic carboxylic acids is 1. The number of nitriles is 1. The third-order valence-electron chi connectivity index (χ3n) is 2.40. The molecule has 1 rings (SSSR count). The highest BCUT2D eigenvalue weighted by molar-refractivity contribution is 5.74. The van der Waals surface area contributed by atoms with Crippen LogP contribution in [0.1, 0.15) is 19.4 Å². The molecule has 0 aliphatic rings. The minimum Gasteiger partial charge on any atom is -0.481 e. The third-order valence-corrected chi connectivity index (χ3v) is 2.40. The zero-order chi connectivity index (χ0) is 13.1. The SMILES string of the molecule is CC(C)(CNc1ccc(C#N)cc1F)C(=O)O. The molecule has 5 heteroatoms. The van der Waals surface area contributed by atoms with Crippen LogP contribution >= 0.6 is 0 Å². The van der Waals surface area contributed by atoms with Gasteiger partial charge in [0.15, 0.2) is 0 Å². The Morgan fingerprint density at radius 3 is 2.71 bits per heavy atom. The van der Waals surface area contributed by atoms with Crippen molar-refractivity contribution in [3.05, 3.63) is 29.6 Å². The number of nitrogens with zero attached hydrogens (tertiary/aromatic N) is 1. The van der Waals surface area contributed by atoms with Gasteiger partial charge in [-0.1, -0.05) is 0 Å². The maximum atomic E-state index is 13.5. The molecule has 1 aromatic rings. The molecule has 0 aliphatic heterocycles. The second-order valence-electron chi connectivity index (χ2n) is 4.35. The number of hydrogen-bond acceptors (Lipinski definition) is 3. The van der Waals surface area contributed by atoms with Crippen molar-refractivity contribution in [2.24, 2.45) is 5.41 Å². The minimum absolute atomic E-state index is 0.102. The Kier molecular flexibility index (Phi) is 3.69. The molecule has 0 unspecified atom stereocenters. The fraction of sp³-hybridized carbons (Fsp3) is 0.333. The van der Waals surface area contributed by atoms with E-state index in [1.807, 2.05) is 6.07 Å². The number of carbonyl (C=O) groups is 1. The number of halogens is 1. The van der Waals surface area contributed by atoms with Gasteiger partial charge in [0.1, 0.15) is 5.82 Å². The lowest BCUT2D eigenvalue weighted by atomic mass is 9.94. The van der Waals surface area contributed by atoms with Crippen LogP contribution in [-0.4, -0.2) is 17.6 Å². The first-order valence-electron chi connectivity index (χ1n) is 5.04. The molecule has 0 amide bonds. The topological polar surface area (TPSA) is 73.1 Å². The monoisotopic (exact) mass is 236 g/mol. The Balaban J connectivity index is 2.78. The van der Waals surface area contributed by atoms with Crippen molar-refractivity contribution in [3.8, 4) is 6.07 Å². The summed E-state index contributed by atoms with van der Waals surface area (Å²) in [4.78, 5) is 10.9. The van der Waals surface area contributed by atoms with Crippen molar-refractivity contribution in [3.63, 3.8) is 0 Å². The van der Waals surface area contributed by atoms with E-state index < -0.39 is 17.2 Å². The zero-order valence-corrected chi connectivity index (χ0v) is 9.62. The van der Waals surface area contributed by atoms with Gasteiger partial charge < -0.3 is 10.4 Å². The van der Waals surface area contributed by atoms with Gasteiger partial charge in [0.2, 0.25) is 0 Å². The summed E-state index contributed by atoms with van der Waals surface area (Å²) in [5.41, 5.74) is -0.566. The first kappa shape index (κ1) is 13.0. The Morgan fingerprint density at radius 1 is 1.59 bits per heavy atom. The molecule has 90 valence electrons. The fourth-order valence-electron chi connectivity index (χ4n) is 1.12. The number of nitrogens with one attached hydrogen (secondary N) is 1. The molecule has 1 aromatic carbocycles. The first-order valence-corrected chi connectivity index (χ1v) is 5.04. The summed E-state index contributed by atoms with van der Waals surface area (Å²) in [5, 5.41) is 20.2. The largest absolute Gasteiger partial charge is 0.481 e. The number of anilines is 1. The van der Waals surface area contributed by atoms with Crippen LogP contribution in [0.25, 0.3) is 0 Å². The normalized spacial score (nSPS) is 10.7. The number of rotatable bonds is 4. The summed E-state index contributed by atoms with van der Waals surface area (Å²) >= 11 is 0. The average Bonchev–Trinajstić information content (AvgIpc) is 2.27. The van der Waals surface area contributed by atoms with E-state index in [2.05, 4.69) is 5.32 Å². The molecule has 0 spiro atoms. The fourth-order valence-corrected chi connectivity index (χ4v) is 1.12. The van der Waals surface area contributed by atoms with E-state index >= 15 is 0 Å². The van der Waals surface area contributed by atoms with Gasteiger partial charge in [0.05, 0.1) is 22.7 Å². The molecule has 0 saturated heterocycles. The van der Waals surface area contributed by atoms with Crippen molar-refractivity contribution in [1.29, 1.82) is 5.26 Å². The molecule has 4 nitrogen and oxygen atoms in total. The lowest BCUT2D eigenvalue weighted by Crippen LogP contribution is -2.31. The predicted molar refractivity (Wildman–Crippen MR) is 61.0 cm³/mol. The minimum atomic E-state index is -0.986. The lowest BCUT2D eigenvalue weighted by molar-refractivity contribution is -0.146. The van der Waals surface area contributed by atoms with Gasteiger partial charge in [-0.25, -0.2) is 4.39 Å². The predicted octanol–water partition coefficient (Wildman–Crippen LogP) is 2.22. The van der Waals surface area contributed by atoms with Crippen LogP contribution in [0.4, 0.5) is 10.1 Å². The highest BCUT2D eigenvalue weighted by Crippen LogP contribution is 2.20. The molecule has 2 N–H and O–H groups in total. The quantitative estimate of drug-likeness (QED) is 0.840. The third kappa shape index (κ3) is 3.18. The van der Waals surface area contributed by atoms with E-state index in [0.717, 1.165) is 6.07 Å². The maximum absolute atomic E-state index is 13.5. The van der Waals surface area contributed by atoms with E-state index in [1.54, 1.807) is 13.8 Å². The molecular formula is C12H13FN2O2. The van der Waals surface area contributed by atoms with Gasteiger partial charge in [-0.15, -0.1) is 0 Å². The maximum Gasteiger partial charge on any atom is 0.310 e. The molecule has 0 fully saturated rings. The first-order chi connectivity index (χ1) is 7.86. The Bertz CT molecular complexity index is 478. The molecule has 0 saturated carbocycles. The molecule has 0 atom stereocenters. The van der Waals surface area contributed by atoms with Gasteiger partial charge in [-0.3, -0.25) is 4.79 Å². The summed E-state index contributed by atoms with van der Waals surface area (Å²) in [6.45, 7) is 3.19. The van der Waals surface area contributed by atoms with Crippen LogP contribution in [0.5, 0.6) is 0 Å². The highest BCUT2D eigenvalue weighted by atomic mass is 19.1. The van der Waals surface area contributed by atoms with Crippen LogP contribution < -0.4 is 5.32 Å². The van der Waals surface area contributed by atoms with Gasteiger partial charge in [-0.05, 0) is 32.0 Å². The molecular weight excluding hydrogens is 223 g/mol. The second-order valence-corrected chi connectivity index (χ2v) is 4.35. The molecule has 0 radical (unpaired) electrons. The number of carboxylic acid groups (broad SMARTS) is 1. The van der Waals surface area contributed by atoms with Crippen molar-refractivity contribution in [2.45, 2.75) is 13.8 Å². The van der Waals surface area contributed by atoms with E-state index in [1.165, 1.54) is 12.1 Å². The molecule has 17 heavy (non-hydrogen) atoms. The Morgan fingerprint density at radius 2 is 2.24 bits per heavy atom. The van der Waals surface area contributed by atoms with Crippen LogP contribution in [-0.2, 0) is 4.79 Å². The smallest absolute Gasteiger partial charge is 0.310 e. The van der Waals surface area contributed by atoms with E-state index in [0.29, 0.717) is 0 Å². The van der Waals surface area contributed by atoms with Gasteiger partial charge in [-0.2, -0.15) is 5.26 Å². The van der Waals surface area contributed by atoms with Crippen molar-refractivity contribution in [2.75, 3.05) is 11.9 Å². The van der Waals surface area contributed by atoms with Gasteiger partial charge in [0, 0.05) is 6.54 Å². The van der Waals surface area contributed by atoms with Crippen LogP contribution in [0, 0.1) is 22.6 Å². The standard InChI is InChI=1S/C12H13FN2O2/c1-12(2,11(16)17)7-15-10-4-3-8(6-14)5-9(10)13/h3-5,15H,7H2,1-2H3,(H,16,17). The summed E-state index contributed by atoms with van der Waals surface area (Å²) in [5.74, 6) is -1.52. The highest BCUT2D eigenvalue weighted by Gasteiger charge is 2.26. The summed E-state index contributed by atoms with van der Waals surface area (Å²) in [7, 11) is 0. The second kappa shape index (κ2) is 4.83. The summed E-state index contributed by atoms with van der Waals surface area (Å²) < 4.78 is 13.5. The number of benzene rings is 1. The van der Waals surface area contributed by atoms with Crippen molar-refractivity contribution in [1.82, 2.24) is 0 Å². The summed E-state index contributed by atoms with van der Waals surface area (Å²) in [6, 6.07) is 5.82. The molecule has 0 bridgehead atoms. The van der Waals surface area contributed by atoms with Crippen molar-refractivity contribution >= 4 is 11.7 Å². The Labute approximate surface area is 98.7 Å². The van der Waals surface area contributed by atoms with E-state index in [-0.39, 0.29) is 17.8 Å². The molecule has 0 aliphatic carbocycles. The van der Waals surface area contributed by atoms with Crippen molar-refractivity contribution < 1.29 is 14.3 Å². The average molecular weight is 236 g/mol. The number of carboxylic acids is 1. The number of hydrogen-bond donors (Lipinski definition) is 2. The van der Waals surface area contributed by atoms with Gasteiger partial charge in [0.25, 0.3) is 0 Å². The molecule has 0 heterocycles.